The molecule has 1 aromatic carbocycles. The first kappa shape index (κ1) is 14.3. The maximum Gasteiger partial charge on any atom is 0.0642 e. The molecule has 0 aromatic heterocycles. The fourth-order valence-corrected chi connectivity index (χ4v) is 2.09. The van der Waals surface area contributed by atoms with E-state index in [-0.39, 0.29) is 5.41 Å². The fraction of sp³-hybridized carbons (Fsp3) is 0.571. The lowest BCUT2D eigenvalue weighted by atomic mass is 9.87. The van der Waals surface area contributed by atoms with Gasteiger partial charge in [0, 0.05) is 19.6 Å². The number of halogens is 1. The summed E-state index contributed by atoms with van der Waals surface area (Å²) in [5.74, 6) is 0. The molecular weight excluding hydrogens is 232 g/mol. The van der Waals surface area contributed by atoms with Crippen molar-refractivity contribution < 1.29 is 0 Å². The smallest absolute Gasteiger partial charge is 0.0642 e. The predicted molar refractivity (Wildman–Crippen MR) is 76.7 cm³/mol. The number of hydrogen-bond donors (Lipinski definition) is 1. The molecule has 0 amide bonds. The molecule has 2 nitrogen and oxygen atoms in total. The third-order valence-electron chi connectivity index (χ3n) is 3.46. The summed E-state index contributed by atoms with van der Waals surface area (Å²) in [5, 5.41) is 0.770. The van der Waals surface area contributed by atoms with Crippen molar-refractivity contribution in [1.82, 2.24) is 0 Å². The predicted octanol–water partition coefficient (Wildman–Crippen LogP) is 3.67. The van der Waals surface area contributed by atoms with Crippen molar-refractivity contribution in [2.24, 2.45) is 11.1 Å². The number of anilines is 1. The lowest BCUT2D eigenvalue weighted by molar-refractivity contribution is 0.330. The number of hydrogen-bond acceptors (Lipinski definition) is 2. The van der Waals surface area contributed by atoms with Gasteiger partial charge in [0.05, 0.1) is 10.7 Å². The van der Waals surface area contributed by atoms with E-state index in [0.29, 0.717) is 12.6 Å². The van der Waals surface area contributed by atoms with Gasteiger partial charge < -0.3 is 10.6 Å². The highest BCUT2D eigenvalue weighted by molar-refractivity contribution is 6.33. The molecular formula is C14H23ClN2. The Kier molecular flexibility index (Phi) is 4.45. The molecule has 1 atom stereocenters. The maximum absolute atomic E-state index is 6.30. The average Bonchev–Trinajstić information content (AvgIpc) is 2.25. The Hall–Kier alpha value is -0.730. The van der Waals surface area contributed by atoms with Crippen LogP contribution >= 0.6 is 11.6 Å². The molecule has 17 heavy (non-hydrogen) atoms. The summed E-state index contributed by atoms with van der Waals surface area (Å²) in [6.07, 6.45) is 0. The summed E-state index contributed by atoms with van der Waals surface area (Å²) in [7, 11) is 2.08. The molecule has 1 aromatic rings. The number of rotatable bonds is 3. The monoisotopic (exact) mass is 254 g/mol. The van der Waals surface area contributed by atoms with E-state index in [9.17, 15) is 0 Å². The first-order chi connectivity index (χ1) is 7.77. The van der Waals surface area contributed by atoms with Crippen molar-refractivity contribution in [2.45, 2.75) is 40.3 Å². The van der Waals surface area contributed by atoms with Gasteiger partial charge in [-0.1, -0.05) is 38.4 Å². The molecule has 3 heteroatoms. The normalized spacial score (nSPS) is 13.6. The zero-order valence-corrected chi connectivity index (χ0v) is 12.2. The zero-order chi connectivity index (χ0) is 13.2. The molecule has 2 N–H and O–H groups in total. The van der Waals surface area contributed by atoms with Gasteiger partial charge in [-0.05, 0) is 30.0 Å². The summed E-state index contributed by atoms with van der Waals surface area (Å²) in [5.41, 5.74) is 7.94. The van der Waals surface area contributed by atoms with Crippen molar-refractivity contribution in [2.75, 3.05) is 11.9 Å². The van der Waals surface area contributed by atoms with Crippen molar-refractivity contribution in [3.63, 3.8) is 0 Å². The van der Waals surface area contributed by atoms with Crippen LogP contribution in [0.5, 0.6) is 0 Å². The first-order valence-corrected chi connectivity index (χ1v) is 6.36. The Bertz CT molecular complexity index is 382. The second-order valence-corrected chi connectivity index (χ2v) is 6.05. The summed E-state index contributed by atoms with van der Waals surface area (Å²) < 4.78 is 0. The molecule has 96 valence electrons. The minimum Gasteiger partial charge on any atom is -0.370 e. The molecule has 0 radical (unpaired) electrons. The minimum absolute atomic E-state index is 0.213. The van der Waals surface area contributed by atoms with Crippen molar-refractivity contribution in [3.8, 4) is 0 Å². The van der Waals surface area contributed by atoms with Crippen molar-refractivity contribution in [3.05, 3.63) is 28.8 Å². The fourth-order valence-electron chi connectivity index (χ4n) is 1.75. The van der Waals surface area contributed by atoms with Crippen LogP contribution in [0, 0.1) is 5.41 Å². The average molecular weight is 255 g/mol. The largest absolute Gasteiger partial charge is 0.370 e. The Morgan fingerprint density at radius 3 is 2.35 bits per heavy atom. The van der Waals surface area contributed by atoms with E-state index in [0.717, 1.165) is 16.3 Å². The second-order valence-electron chi connectivity index (χ2n) is 5.64. The van der Waals surface area contributed by atoms with Crippen LogP contribution in [0.3, 0.4) is 0 Å². The van der Waals surface area contributed by atoms with Crippen LogP contribution in [-0.4, -0.2) is 13.1 Å². The molecule has 0 spiro atoms. The van der Waals surface area contributed by atoms with Crippen LogP contribution in [-0.2, 0) is 6.54 Å². The highest BCUT2D eigenvalue weighted by Crippen LogP contribution is 2.32. The Labute approximate surface area is 110 Å². The Morgan fingerprint density at radius 1 is 1.35 bits per heavy atom. The summed E-state index contributed by atoms with van der Waals surface area (Å²) >= 11 is 6.30. The van der Waals surface area contributed by atoms with Crippen molar-refractivity contribution in [1.29, 1.82) is 0 Å². The molecule has 0 saturated heterocycles. The van der Waals surface area contributed by atoms with Crippen LogP contribution in [0.4, 0.5) is 5.69 Å². The summed E-state index contributed by atoms with van der Waals surface area (Å²) in [6, 6.07) is 6.44. The van der Waals surface area contributed by atoms with E-state index in [1.54, 1.807) is 0 Å². The number of nitrogens with zero attached hydrogens (tertiary/aromatic N) is 1. The third-order valence-corrected chi connectivity index (χ3v) is 3.76. The molecule has 1 rings (SSSR count). The second kappa shape index (κ2) is 5.28. The minimum atomic E-state index is 0.213. The van der Waals surface area contributed by atoms with Gasteiger partial charge in [-0.3, -0.25) is 0 Å². The quantitative estimate of drug-likeness (QED) is 0.892. The van der Waals surface area contributed by atoms with E-state index < -0.39 is 0 Å². The maximum atomic E-state index is 6.30. The molecule has 0 fully saturated rings. The van der Waals surface area contributed by atoms with Crippen LogP contribution in [0.25, 0.3) is 0 Å². The first-order valence-electron chi connectivity index (χ1n) is 5.98. The third kappa shape index (κ3) is 3.36. The molecule has 0 saturated carbocycles. The van der Waals surface area contributed by atoms with E-state index in [4.69, 9.17) is 17.3 Å². The summed E-state index contributed by atoms with van der Waals surface area (Å²) in [6.45, 7) is 9.44. The van der Waals surface area contributed by atoms with Gasteiger partial charge in [-0.25, -0.2) is 0 Å². The summed E-state index contributed by atoms with van der Waals surface area (Å²) in [4.78, 5) is 2.22. The molecule has 0 aliphatic rings. The van der Waals surface area contributed by atoms with E-state index in [2.05, 4.69) is 39.6 Å². The van der Waals surface area contributed by atoms with Crippen molar-refractivity contribution >= 4 is 17.3 Å². The molecule has 0 bridgehead atoms. The Balaban J connectivity index is 3.01. The van der Waals surface area contributed by atoms with Gasteiger partial charge in [-0.15, -0.1) is 0 Å². The van der Waals surface area contributed by atoms with Gasteiger partial charge in [-0.2, -0.15) is 0 Å². The Morgan fingerprint density at radius 2 is 1.94 bits per heavy atom. The van der Waals surface area contributed by atoms with Crippen LogP contribution < -0.4 is 10.6 Å². The highest BCUT2D eigenvalue weighted by Gasteiger charge is 2.25. The van der Waals surface area contributed by atoms with Gasteiger partial charge in [0.2, 0.25) is 0 Å². The van der Waals surface area contributed by atoms with Gasteiger partial charge in [0.1, 0.15) is 0 Å². The van der Waals surface area contributed by atoms with E-state index >= 15 is 0 Å². The van der Waals surface area contributed by atoms with E-state index in [1.165, 1.54) is 0 Å². The zero-order valence-electron chi connectivity index (χ0n) is 11.4. The van der Waals surface area contributed by atoms with Crippen LogP contribution in [0.15, 0.2) is 18.2 Å². The van der Waals surface area contributed by atoms with Gasteiger partial charge >= 0.3 is 0 Å². The molecule has 1 unspecified atom stereocenters. The van der Waals surface area contributed by atoms with E-state index in [1.807, 2.05) is 18.2 Å². The van der Waals surface area contributed by atoms with Crippen LogP contribution in [0.2, 0.25) is 5.02 Å². The topological polar surface area (TPSA) is 29.3 Å². The number of benzene rings is 1. The lowest BCUT2D eigenvalue weighted by Crippen LogP contribution is -2.39. The molecule has 0 aliphatic carbocycles. The standard InChI is InChI=1S/C14H23ClN2/c1-10(14(2,3)4)17(5)13-7-6-11(9-16)8-12(13)15/h6-8,10H,9,16H2,1-5H3. The molecule has 0 aliphatic heterocycles. The van der Waals surface area contributed by atoms with Crippen LogP contribution in [0.1, 0.15) is 33.3 Å². The molecule has 0 heterocycles. The van der Waals surface area contributed by atoms with Gasteiger partial charge in [0.25, 0.3) is 0 Å². The lowest BCUT2D eigenvalue weighted by Gasteiger charge is -2.37. The SMILES string of the molecule is CC(N(C)c1ccc(CN)cc1Cl)C(C)(C)C. The highest BCUT2D eigenvalue weighted by atomic mass is 35.5. The number of nitrogens with two attached hydrogens (primary N) is 1. The van der Waals surface area contributed by atoms with Gasteiger partial charge in [0.15, 0.2) is 0 Å².